The fraction of sp³-hybridized carbons (Fsp3) is 0.700. The standard InChI is InChI=1S/C20H29N3O2S/c24-19(18-14-15-6-4-5-9-17(15)26-18)22-10-12-23(13-11-22)20(25)21-16-7-2-1-3-8-16/h14,16H,1-13H2,(H,21,25). The van der Waals surface area contributed by atoms with Gasteiger partial charge in [0.1, 0.15) is 0 Å². The number of aryl methyl sites for hydroxylation is 2. The number of carbonyl (C=O) groups excluding carboxylic acids is 2. The van der Waals surface area contributed by atoms with Gasteiger partial charge in [-0.15, -0.1) is 11.3 Å². The smallest absolute Gasteiger partial charge is 0.317 e. The van der Waals surface area contributed by atoms with Gasteiger partial charge in [-0.05, 0) is 50.2 Å². The van der Waals surface area contributed by atoms with Crippen LogP contribution in [0.1, 0.15) is 65.1 Å². The number of fused-ring (bicyclic) bond motifs is 1. The van der Waals surface area contributed by atoms with Crippen LogP contribution in [0.5, 0.6) is 0 Å². The normalized spacial score (nSPS) is 21.4. The summed E-state index contributed by atoms with van der Waals surface area (Å²) in [6.07, 6.45) is 10.7. The minimum absolute atomic E-state index is 0.0515. The van der Waals surface area contributed by atoms with Crippen LogP contribution in [0.4, 0.5) is 4.79 Å². The molecular formula is C20H29N3O2S. The van der Waals surface area contributed by atoms with Crippen molar-refractivity contribution < 1.29 is 9.59 Å². The van der Waals surface area contributed by atoms with Gasteiger partial charge in [0, 0.05) is 37.1 Å². The molecule has 1 N–H and O–H groups in total. The Kier molecular flexibility index (Phi) is 5.48. The molecule has 142 valence electrons. The van der Waals surface area contributed by atoms with Gasteiger partial charge in [0.05, 0.1) is 4.88 Å². The number of nitrogens with zero attached hydrogens (tertiary/aromatic N) is 2. The first kappa shape index (κ1) is 17.8. The number of hydrogen-bond acceptors (Lipinski definition) is 3. The molecule has 0 bridgehead atoms. The van der Waals surface area contributed by atoms with Crippen LogP contribution >= 0.6 is 11.3 Å². The summed E-state index contributed by atoms with van der Waals surface area (Å²) in [6, 6.07) is 2.51. The fourth-order valence-electron chi connectivity index (χ4n) is 4.38. The lowest BCUT2D eigenvalue weighted by molar-refractivity contribution is 0.0667. The van der Waals surface area contributed by atoms with Crippen molar-refractivity contribution in [2.45, 2.75) is 63.8 Å². The van der Waals surface area contributed by atoms with Crippen LogP contribution < -0.4 is 5.32 Å². The van der Waals surface area contributed by atoms with E-state index >= 15 is 0 Å². The Labute approximate surface area is 159 Å². The van der Waals surface area contributed by atoms with Gasteiger partial charge in [-0.1, -0.05) is 19.3 Å². The van der Waals surface area contributed by atoms with E-state index in [0.29, 0.717) is 32.2 Å². The first-order valence-electron chi connectivity index (χ1n) is 10.2. The summed E-state index contributed by atoms with van der Waals surface area (Å²) in [5.41, 5.74) is 1.38. The summed E-state index contributed by atoms with van der Waals surface area (Å²) in [4.78, 5) is 31.4. The first-order chi connectivity index (χ1) is 12.7. The molecule has 4 rings (SSSR count). The molecule has 2 aliphatic carbocycles. The number of hydrogen-bond donors (Lipinski definition) is 1. The third-order valence-corrected chi connectivity index (χ3v) is 7.22. The van der Waals surface area contributed by atoms with Gasteiger partial charge < -0.3 is 15.1 Å². The molecule has 0 atom stereocenters. The van der Waals surface area contributed by atoms with E-state index < -0.39 is 0 Å². The van der Waals surface area contributed by atoms with Gasteiger partial charge in [-0.2, -0.15) is 0 Å². The molecule has 1 aliphatic heterocycles. The molecule has 0 radical (unpaired) electrons. The molecule has 0 aromatic carbocycles. The van der Waals surface area contributed by atoms with Crippen LogP contribution in [0.25, 0.3) is 0 Å². The highest BCUT2D eigenvalue weighted by Gasteiger charge is 2.28. The predicted molar refractivity (Wildman–Crippen MR) is 104 cm³/mol. The topological polar surface area (TPSA) is 52.7 Å². The number of thiophene rings is 1. The Hall–Kier alpha value is -1.56. The lowest BCUT2D eigenvalue weighted by atomic mass is 9.96. The molecule has 2 heterocycles. The van der Waals surface area contributed by atoms with Crippen molar-refractivity contribution in [3.63, 3.8) is 0 Å². The number of rotatable bonds is 2. The summed E-state index contributed by atoms with van der Waals surface area (Å²) in [6.45, 7) is 2.55. The third kappa shape index (κ3) is 3.90. The molecule has 1 aromatic heterocycles. The van der Waals surface area contributed by atoms with Crippen LogP contribution in [-0.2, 0) is 12.8 Å². The Morgan fingerprint density at radius 2 is 1.62 bits per heavy atom. The van der Waals surface area contributed by atoms with Gasteiger partial charge in [0.2, 0.25) is 0 Å². The van der Waals surface area contributed by atoms with E-state index in [1.807, 2.05) is 9.80 Å². The van der Waals surface area contributed by atoms with Crippen LogP contribution in [0.15, 0.2) is 6.07 Å². The molecule has 0 unspecified atom stereocenters. The maximum atomic E-state index is 12.8. The van der Waals surface area contributed by atoms with E-state index in [4.69, 9.17) is 0 Å². The maximum absolute atomic E-state index is 12.8. The molecule has 3 amide bonds. The zero-order valence-corrected chi connectivity index (χ0v) is 16.3. The molecular weight excluding hydrogens is 346 g/mol. The van der Waals surface area contributed by atoms with Gasteiger partial charge in [0.25, 0.3) is 5.91 Å². The molecule has 3 aliphatic rings. The van der Waals surface area contributed by atoms with Gasteiger partial charge in [-0.3, -0.25) is 4.79 Å². The SMILES string of the molecule is O=C(NC1CCCCC1)N1CCN(C(=O)c2cc3c(s2)CCCC3)CC1. The van der Waals surface area contributed by atoms with E-state index in [2.05, 4.69) is 11.4 Å². The second-order valence-corrected chi connectivity index (χ2v) is 8.97. The van der Waals surface area contributed by atoms with Crippen molar-refractivity contribution >= 4 is 23.3 Å². The average Bonchev–Trinajstić information content (AvgIpc) is 3.12. The lowest BCUT2D eigenvalue weighted by Gasteiger charge is -2.35. The Balaban J connectivity index is 1.29. The fourth-order valence-corrected chi connectivity index (χ4v) is 5.60. The largest absolute Gasteiger partial charge is 0.335 e. The van der Waals surface area contributed by atoms with Crippen LogP contribution in [0, 0.1) is 0 Å². The summed E-state index contributed by atoms with van der Waals surface area (Å²) >= 11 is 1.68. The Bertz CT molecular complexity index is 635. The summed E-state index contributed by atoms with van der Waals surface area (Å²) in [7, 11) is 0. The molecule has 0 spiro atoms. The number of urea groups is 1. The second kappa shape index (κ2) is 7.99. The van der Waals surface area contributed by atoms with E-state index in [-0.39, 0.29) is 11.9 Å². The van der Waals surface area contributed by atoms with Crippen molar-refractivity contribution in [1.82, 2.24) is 15.1 Å². The van der Waals surface area contributed by atoms with Crippen LogP contribution in [0.3, 0.4) is 0 Å². The quantitative estimate of drug-likeness (QED) is 0.861. The molecule has 2 fully saturated rings. The van der Waals surface area contributed by atoms with Gasteiger partial charge in [0.15, 0.2) is 0 Å². The Morgan fingerprint density at radius 3 is 2.35 bits per heavy atom. The second-order valence-electron chi connectivity index (χ2n) is 7.83. The van der Waals surface area contributed by atoms with Crippen molar-refractivity contribution in [1.29, 1.82) is 0 Å². The molecule has 5 nitrogen and oxygen atoms in total. The third-order valence-electron chi connectivity index (χ3n) is 5.99. The number of piperazine rings is 1. The van der Waals surface area contributed by atoms with Gasteiger partial charge in [-0.25, -0.2) is 4.79 Å². The first-order valence-corrected chi connectivity index (χ1v) is 11.0. The highest BCUT2D eigenvalue weighted by molar-refractivity contribution is 7.14. The lowest BCUT2D eigenvalue weighted by Crippen LogP contribution is -2.54. The van der Waals surface area contributed by atoms with Crippen molar-refractivity contribution in [3.05, 3.63) is 21.4 Å². The van der Waals surface area contributed by atoms with Crippen LogP contribution in [-0.4, -0.2) is 54.0 Å². The average molecular weight is 376 g/mol. The zero-order valence-electron chi connectivity index (χ0n) is 15.5. The van der Waals surface area contributed by atoms with E-state index in [1.54, 1.807) is 11.3 Å². The van der Waals surface area contributed by atoms with Crippen molar-refractivity contribution in [2.75, 3.05) is 26.2 Å². The molecule has 1 aromatic rings. The van der Waals surface area contributed by atoms with Crippen LogP contribution in [0.2, 0.25) is 0 Å². The monoisotopic (exact) mass is 375 g/mol. The molecule has 1 saturated carbocycles. The van der Waals surface area contributed by atoms with E-state index in [0.717, 1.165) is 30.6 Å². The minimum Gasteiger partial charge on any atom is -0.335 e. The summed E-state index contributed by atoms with van der Waals surface area (Å²) < 4.78 is 0. The highest BCUT2D eigenvalue weighted by atomic mass is 32.1. The van der Waals surface area contributed by atoms with Crippen molar-refractivity contribution in [2.24, 2.45) is 0 Å². The van der Waals surface area contributed by atoms with Crippen molar-refractivity contribution in [3.8, 4) is 0 Å². The van der Waals surface area contributed by atoms with E-state index in [9.17, 15) is 9.59 Å². The minimum atomic E-state index is 0.0515. The number of carbonyl (C=O) groups is 2. The summed E-state index contributed by atoms with van der Waals surface area (Å²) in [5.74, 6) is 0.150. The molecule has 1 saturated heterocycles. The predicted octanol–water partition coefficient (Wildman–Crippen LogP) is 3.43. The van der Waals surface area contributed by atoms with Gasteiger partial charge >= 0.3 is 6.03 Å². The molecule has 26 heavy (non-hydrogen) atoms. The Morgan fingerprint density at radius 1 is 0.923 bits per heavy atom. The summed E-state index contributed by atoms with van der Waals surface area (Å²) in [5, 5.41) is 3.18. The molecule has 6 heteroatoms. The number of amides is 3. The highest BCUT2D eigenvalue weighted by Crippen LogP contribution is 2.30. The maximum Gasteiger partial charge on any atom is 0.317 e. The number of nitrogens with one attached hydrogen (secondary N) is 1. The zero-order chi connectivity index (χ0) is 17.9. The van der Waals surface area contributed by atoms with E-state index in [1.165, 1.54) is 42.5 Å².